The molecule has 0 aromatic heterocycles. The molecule has 4 heteroatoms. The van der Waals surface area contributed by atoms with E-state index >= 15 is 0 Å². The van der Waals surface area contributed by atoms with Crippen LogP contribution in [0.2, 0.25) is 0 Å². The molecule has 0 aliphatic rings. The minimum Gasteiger partial charge on any atom is -0.427 e. The lowest BCUT2D eigenvalue weighted by atomic mass is 10.3. The van der Waals surface area contributed by atoms with Crippen molar-refractivity contribution in [1.82, 2.24) is 0 Å². The van der Waals surface area contributed by atoms with Gasteiger partial charge in [0.2, 0.25) is 0 Å². The molecule has 0 saturated heterocycles. The molecule has 0 aromatic rings. The minimum absolute atomic E-state index is 0.263. The van der Waals surface area contributed by atoms with Gasteiger partial charge in [-0.3, -0.25) is 9.59 Å². The van der Waals surface area contributed by atoms with Gasteiger partial charge >= 0.3 is 11.9 Å². The fraction of sp³-hybridized carbons (Fsp3) is 0.286. The quantitative estimate of drug-likeness (QED) is 0.428. The molecular weight excluding hydrogens is 232 g/mol. The van der Waals surface area contributed by atoms with Crippen molar-refractivity contribution >= 4 is 11.9 Å². The van der Waals surface area contributed by atoms with Gasteiger partial charge in [0.05, 0.1) is 0 Å². The molecule has 100 valence electrons. The molecule has 0 amide bonds. The van der Waals surface area contributed by atoms with E-state index in [-0.39, 0.29) is 11.5 Å². The van der Waals surface area contributed by atoms with Crippen LogP contribution in [0.5, 0.6) is 0 Å². The minimum atomic E-state index is -0.452. The Kier molecular flexibility index (Phi) is 11.6. The molecule has 0 spiro atoms. The Hall–Kier alpha value is -2.10. The molecular formula is C14H20O4. The first-order valence-electron chi connectivity index (χ1n) is 5.53. The van der Waals surface area contributed by atoms with E-state index < -0.39 is 11.9 Å². The van der Waals surface area contributed by atoms with Gasteiger partial charge in [-0.15, -0.1) is 0 Å². The van der Waals surface area contributed by atoms with E-state index in [4.69, 9.17) is 9.47 Å². The number of carbonyl (C=O) groups is 2. The van der Waals surface area contributed by atoms with Crippen molar-refractivity contribution in [3.8, 4) is 0 Å². The summed E-state index contributed by atoms with van der Waals surface area (Å²) in [5.41, 5.74) is 0. The van der Waals surface area contributed by atoms with Crippen LogP contribution in [-0.2, 0) is 19.1 Å². The van der Waals surface area contributed by atoms with Crippen LogP contribution >= 0.6 is 0 Å². The van der Waals surface area contributed by atoms with Crippen LogP contribution in [0.25, 0.3) is 0 Å². The topological polar surface area (TPSA) is 52.6 Å². The average molecular weight is 252 g/mol. The molecule has 0 saturated carbocycles. The molecule has 4 nitrogen and oxygen atoms in total. The maximum absolute atomic E-state index is 10.7. The van der Waals surface area contributed by atoms with E-state index in [0.29, 0.717) is 0 Å². The number of allylic oxidation sites excluding steroid dienone is 4. The summed E-state index contributed by atoms with van der Waals surface area (Å²) in [7, 11) is 0. The first kappa shape index (κ1) is 18.3. The second-order valence-corrected chi connectivity index (χ2v) is 2.73. The molecule has 0 bridgehead atoms. The van der Waals surface area contributed by atoms with Gasteiger partial charge in [-0.1, -0.05) is 27.0 Å². The van der Waals surface area contributed by atoms with Gasteiger partial charge in [0.15, 0.2) is 0 Å². The zero-order valence-electron chi connectivity index (χ0n) is 11.4. The third-order valence-electron chi connectivity index (χ3n) is 1.34. The third kappa shape index (κ3) is 10.4. The predicted octanol–water partition coefficient (Wildman–Crippen LogP) is 3.28. The summed E-state index contributed by atoms with van der Waals surface area (Å²) in [5.74, 6) is -0.377. The highest BCUT2D eigenvalue weighted by atomic mass is 16.5. The summed E-state index contributed by atoms with van der Waals surface area (Å²) in [6.45, 7) is 13.5. The van der Waals surface area contributed by atoms with Crippen LogP contribution in [-0.4, -0.2) is 11.9 Å². The summed E-state index contributed by atoms with van der Waals surface area (Å²) in [4.78, 5) is 21.3. The molecule has 0 heterocycles. The third-order valence-corrected chi connectivity index (χ3v) is 1.34. The second-order valence-electron chi connectivity index (χ2n) is 2.73. The molecule has 0 unspecified atom stereocenters. The summed E-state index contributed by atoms with van der Waals surface area (Å²) < 4.78 is 9.57. The van der Waals surface area contributed by atoms with Crippen molar-refractivity contribution in [2.75, 3.05) is 0 Å². The summed E-state index contributed by atoms with van der Waals surface area (Å²) >= 11 is 0. The van der Waals surface area contributed by atoms with Crippen molar-refractivity contribution < 1.29 is 19.1 Å². The second kappa shape index (κ2) is 11.4. The Balaban J connectivity index is 0. The maximum atomic E-state index is 10.7. The Morgan fingerprint density at radius 3 is 1.28 bits per heavy atom. The van der Waals surface area contributed by atoms with Crippen LogP contribution < -0.4 is 0 Å². The van der Waals surface area contributed by atoms with E-state index in [1.807, 2.05) is 13.8 Å². The molecule has 0 aliphatic heterocycles. The van der Waals surface area contributed by atoms with Gasteiger partial charge in [-0.25, -0.2) is 0 Å². The van der Waals surface area contributed by atoms with Gasteiger partial charge in [0.1, 0.15) is 11.5 Å². The van der Waals surface area contributed by atoms with Crippen LogP contribution in [0, 0.1) is 0 Å². The van der Waals surface area contributed by atoms with E-state index in [2.05, 4.69) is 13.2 Å². The molecule has 0 atom stereocenters. The summed E-state index contributed by atoms with van der Waals surface area (Å²) in [6.07, 6.45) is 5.64. The number of esters is 2. The first-order valence-corrected chi connectivity index (χ1v) is 5.53. The maximum Gasteiger partial charge on any atom is 0.308 e. The lowest BCUT2D eigenvalue weighted by Gasteiger charge is -2.01. The molecule has 0 rings (SSSR count). The smallest absolute Gasteiger partial charge is 0.308 e. The highest BCUT2D eigenvalue weighted by Gasteiger charge is 1.98. The van der Waals surface area contributed by atoms with Crippen molar-refractivity contribution in [2.24, 2.45) is 0 Å². The number of rotatable bonds is 5. The fourth-order valence-corrected chi connectivity index (χ4v) is 0.784. The van der Waals surface area contributed by atoms with Crippen molar-refractivity contribution in [2.45, 2.75) is 27.7 Å². The number of hydrogen-bond acceptors (Lipinski definition) is 4. The first-order chi connectivity index (χ1) is 8.49. The zero-order chi connectivity index (χ0) is 14.6. The fourth-order valence-electron chi connectivity index (χ4n) is 0.784. The number of carbonyl (C=O) groups excluding carboxylic acids is 2. The molecule has 0 radical (unpaired) electrons. The normalized spacial score (nSPS) is 10.7. The van der Waals surface area contributed by atoms with Gasteiger partial charge in [-0.2, -0.15) is 0 Å². The van der Waals surface area contributed by atoms with E-state index in [9.17, 15) is 9.59 Å². The van der Waals surface area contributed by atoms with Crippen LogP contribution in [0.4, 0.5) is 0 Å². The van der Waals surface area contributed by atoms with E-state index in [0.717, 1.165) is 0 Å². The van der Waals surface area contributed by atoms with Crippen LogP contribution in [0.15, 0.2) is 49.0 Å². The van der Waals surface area contributed by atoms with Crippen LogP contribution in [0.1, 0.15) is 27.7 Å². The molecule has 18 heavy (non-hydrogen) atoms. The molecule has 0 aromatic carbocycles. The van der Waals surface area contributed by atoms with Gasteiger partial charge in [0, 0.05) is 13.8 Å². The van der Waals surface area contributed by atoms with Crippen molar-refractivity contribution in [1.29, 1.82) is 0 Å². The zero-order valence-corrected chi connectivity index (χ0v) is 11.4. The van der Waals surface area contributed by atoms with E-state index in [1.54, 1.807) is 0 Å². The number of hydrogen-bond donors (Lipinski definition) is 0. The van der Waals surface area contributed by atoms with Gasteiger partial charge < -0.3 is 9.47 Å². The SMILES string of the molecule is C=C/C(=C\C=C(/C=C)OC(C)=O)OC(C)=O.CC. The van der Waals surface area contributed by atoms with Crippen molar-refractivity contribution in [3.63, 3.8) is 0 Å². The van der Waals surface area contributed by atoms with Crippen LogP contribution in [0.3, 0.4) is 0 Å². The van der Waals surface area contributed by atoms with Gasteiger partial charge in [-0.05, 0) is 24.3 Å². The Morgan fingerprint density at radius 2 is 1.11 bits per heavy atom. The monoisotopic (exact) mass is 252 g/mol. The van der Waals surface area contributed by atoms with Gasteiger partial charge in [0.25, 0.3) is 0 Å². The summed E-state index contributed by atoms with van der Waals surface area (Å²) in [6, 6.07) is 0. The Morgan fingerprint density at radius 1 is 0.833 bits per heavy atom. The standard InChI is InChI=1S/C12H14O4.C2H6/c1-5-11(15-9(3)13)7-8-12(6-2)16-10(4)14;1-2/h5-8H,1-2H2,3-4H3;1-2H3/b11-7+,12-8+;. The Bertz CT molecular complexity index is 326. The Labute approximate surface area is 108 Å². The lowest BCUT2D eigenvalue weighted by Crippen LogP contribution is -1.98. The molecule has 0 aliphatic carbocycles. The highest BCUT2D eigenvalue weighted by molar-refractivity contribution is 5.68. The molecule has 0 fully saturated rings. The average Bonchev–Trinajstić information content (AvgIpc) is 2.34. The van der Waals surface area contributed by atoms with Crippen molar-refractivity contribution in [3.05, 3.63) is 49.0 Å². The largest absolute Gasteiger partial charge is 0.427 e. The molecule has 0 N–H and O–H groups in total. The highest BCUT2D eigenvalue weighted by Crippen LogP contribution is 2.04. The number of ether oxygens (including phenoxy) is 2. The summed E-state index contributed by atoms with van der Waals surface area (Å²) in [5, 5.41) is 0. The van der Waals surface area contributed by atoms with E-state index in [1.165, 1.54) is 38.2 Å². The predicted molar refractivity (Wildman–Crippen MR) is 71.4 cm³/mol. The lowest BCUT2D eigenvalue weighted by molar-refractivity contribution is -0.137.